The van der Waals surface area contributed by atoms with Crippen LogP contribution in [0, 0.1) is 5.41 Å². The third-order valence-corrected chi connectivity index (χ3v) is 2.98. The Hall–Kier alpha value is -1.30. The molecule has 1 fully saturated rings. The van der Waals surface area contributed by atoms with Crippen LogP contribution in [0.3, 0.4) is 0 Å². The fourth-order valence-electron chi connectivity index (χ4n) is 1.91. The molecular formula is C11H20N2O4. The fourth-order valence-corrected chi connectivity index (χ4v) is 1.91. The van der Waals surface area contributed by atoms with E-state index in [1.165, 1.54) is 0 Å². The molecule has 3 N–H and O–H groups in total. The molecule has 0 unspecified atom stereocenters. The number of carbonyl (C=O) groups is 2. The standard InChI is InChI=1S/C11H20N2O4/c1-11(2)4-5-13(7-11)10(17)12-8(3-6-14)9(15)16/h8,14H,3-7H2,1-2H3,(H,12,17)(H,15,16)/t8-/m1/s1. The Morgan fingerprint density at radius 3 is 2.53 bits per heavy atom. The van der Waals surface area contributed by atoms with Crippen molar-refractivity contribution in [1.29, 1.82) is 0 Å². The first-order valence-electron chi connectivity index (χ1n) is 5.75. The van der Waals surface area contributed by atoms with Gasteiger partial charge < -0.3 is 20.4 Å². The summed E-state index contributed by atoms with van der Waals surface area (Å²) in [4.78, 5) is 24.2. The van der Waals surface area contributed by atoms with E-state index >= 15 is 0 Å². The number of nitrogens with one attached hydrogen (secondary N) is 1. The van der Waals surface area contributed by atoms with E-state index in [4.69, 9.17) is 10.2 Å². The van der Waals surface area contributed by atoms with Gasteiger partial charge in [0.15, 0.2) is 0 Å². The van der Waals surface area contributed by atoms with Crippen molar-refractivity contribution < 1.29 is 19.8 Å². The van der Waals surface area contributed by atoms with Crippen LogP contribution < -0.4 is 5.32 Å². The SMILES string of the molecule is CC1(C)CCN(C(=O)N[C@H](CCO)C(=O)O)C1. The van der Waals surface area contributed by atoms with Gasteiger partial charge >= 0.3 is 12.0 Å². The third kappa shape index (κ3) is 3.89. The van der Waals surface area contributed by atoms with Crippen molar-refractivity contribution in [1.82, 2.24) is 10.2 Å². The molecule has 1 heterocycles. The highest BCUT2D eigenvalue weighted by Gasteiger charge is 2.33. The van der Waals surface area contributed by atoms with E-state index in [-0.39, 0.29) is 24.5 Å². The number of carboxylic acid groups (broad SMARTS) is 1. The molecule has 0 radical (unpaired) electrons. The van der Waals surface area contributed by atoms with Crippen molar-refractivity contribution in [2.24, 2.45) is 5.41 Å². The maximum Gasteiger partial charge on any atom is 0.326 e. The van der Waals surface area contributed by atoms with Crippen molar-refractivity contribution in [3.05, 3.63) is 0 Å². The Morgan fingerprint density at radius 1 is 1.47 bits per heavy atom. The Morgan fingerprint density at radius 2 is 2.12 bits per heavy atom. The number of aliphatic hydroxyl groups excluding tert-OH is 1. The number of rotatable bonds is 4. The fraction of sp³-hybridized carbons (Fsp3) is 0.818. The molecule has 0 aromatic heterocycles. The van der Waals surface area contributed by atoms with E-state index in [0.717, 1.165) is 6.42 Å². The van der Waals surface area contributed by atoms with Gasteiger partial charge in [0.2, 0.25) is 0 Å². The lowest BCUT2D eigenvalue weighted by molar-refractivity contribution is -0.139. The van der Waals surface area contributed by atoms with Crippen molar-refractivity contribution in [2.45, 2.75) is 32.7 Å². The third-order valence-electron chi connectivity index (χ3n) is 2.98. The summed E-state index contributed by atoms with van der Waals surface area (Å²) in [6.45, 7) is 5.16. The number of carbonyl (C=O) groups excluding carboxylic acids is 1. The zero-order chi connectivity index (χ0) is 13.1. The normalized spacial score (nSPS) is 20.1. The monoisotopic (exact) mass is 244 g/mol. The predicted molar refractivity (Wildman–Crippen MR) is 61.6 cm³/mol. The molecule has 0 spiro atoms. The van der Waals surface area contributed by atoms with Crippen LogP contribution in [0.15, 0.2) is 0 Å². The number of likely N-dealkylation sites (tertiary alicyclic amines) is 1. The summed E-state index contributed by atoms with van der Waals surface area (Å²) in [6, 6.07) is -1.38. The lowest BCUT2D eigenvalue weighted by atomic mass is 9.93. The molecule has 1 rings (SSSR count). The average molecular weight is 244 g/mol. The summed E-state index contributed by atoms with van der Waals surface area (Å²) >= 11 is 0. The Kier molecular flexibility index (Phi) is 4.34. The highest BCUT2D eigenvalue weighted by molar-refractivity contribution is 5.82. The number of amides is 2. The summed E-state index contributed by atoms with van der Waals surface area (Å²) in [6.07, 6.45) is 0.941. The van der Waals surface area contributed by atoms with Gasteiger partial charge in [-0.2, -0.15) is 0 Å². The van der Waals surface area contributed by atoms with E-state index < -0.39 is 12.0 Å². The second-order valence-corrected chi connectivity index (χ2v) is 5.19. The number of hydrogen-bond donors (Lipinski definition) is 3. The van der Waals surface area contributed by atoms with Crippen molar-refractivity contribution >= 4 is 12.0 Å². The van der Waals surface area contributed by atoms with Gasteiger partial charge in [0.1, 0.15) is 6.04 Å². The Bertz CT molecular complexity index is 304. The van der Waals surface area contributed by atoms with Crippen LogP contribution in [0.1, 0.15) is 26.7 Å². The molecule has 1 aliphatic rings. The van der Waals surface area contributed by atoms with Crippen molar-refractivity contribution in [2.75, 3.05) is 19.7 Å². The smallest absolute Gasteiger partial charge is 0.326 e. The number of aliphatic hydroxyl groups is 1. The molecule has 6 nitrogen and oxygen atoms in total. The van der Waals surface area contributed by atoms with Crippen LogP contribution in [0.25, 0.3) is 0 Å². The van der Waals surface area contributed by atoms with Gasteiger partial charge in [-0.25, -0.2) is 9.59 Å². The van der Waals surface area contributed by atoms with E-state index in [9.17, 15) is 9.59 Å². The first-order chi connectivity index (χ1) is 7.85. The lowest BCUT2D eigenvalue weighted by Crippen LogP contribution is -2.47. The number of hydrogen-bond acceptors (Lipinski definition) is 3. The minimum absolute atomic E-state index is 0.0261. The molecule has 17 heavy (non-hydrogen) atoms. The number of nitrogens with zero attached hydrogens (tertiary/aromatic N) is 1. The molecule has 98 valence electrons. The van der Waals surface area contributed by atoms with E-state index in [1.54, 1.807) is 4.90 Å². The summed E-state index contributed by atoms with van der Waals surface area (Å²) in [5, 5.41) is 20.0. The van der Waals surface area contributed by atoms with Gasteiger partial charge in [0, 0.05) is 26.1 Å². The molecule has 6 heteroatoms. The molecule has 0 aliphatic carbocycles. The summed E-state index contributed by atoms with van der Waals surface area (Å²) in [5.41, 5.74) is 0.0903. The Labute approximate surface area is 101 Å². The van der Waals surface area contributed by atoms with Gasteiger partial charge in [0.05, 0.1) is 0 Å². The van der Waals surface area contributed by atoms with E-state index in [1.807, 2.05) is 0 Å². The first kappa shape index (κ1) is 13.8. The molecule has 1 atom stereocenters. The lowest BCUT2D eigenvalue weighted by Gasteiger charge is -2.22. The van der Waals surface area contributed by atoms with Crippen LogP contribution in [-0.2, 0) is 4.79 Å². The van der Waals surface area contributed by atoms with E-state index in [2.05, 4.69) is 19.2 Å². The highest BCUT2D eigenvalue weighted by Crippen LogP contribution is 2.28. The van der Waals surface area contributed by atoms with Crippen LogP contribution in [0.5, 0.6) is 0 Å². The maximum atomic E-state index is 11.8. The number of urea groups is 1. The molecule has 0 bridgehead atoms. The van der Waals surface area contributed by atoms with Gasteiger partial charge in [-0.05, 0) is 11.8 Å². The van der Waals surface area contributed by atoms with Crippen molar-refractivity contribution in [3.63, 3.8) is 0 Å². The average Bonchev–Trinajstić information content (AvgIpc) is 2.58. The van der Waals surface area contributed by atoms with Gasteiger partial charge in [0.25, 0.3) is 0 Å². The first-order valence-corrected chi connectivity index (χ1v) is 5.75. The summed E-state index contributed by atoms with van der Waals surface area (Å²) < 4.78 is 0. The van der Waals surface area contributed by atoms with Gasteiger partial charge in [-0.1, -0.05) is 13.8 Å². The molecule has 2 amide bonds. The molecule has 0 saturated carbocycles. The molecular weight excluding hydrogens is 224 g/mol. The molecule has 0 aromatic carbocycles. The van der Waals surface area contributed by atoms with Crippen LogP contribution in [0.4, 0.5) is 4.79 Å². The van der Waals surface area contributed by atoms with Crippen LogP contribution >= 0.6 is 0 Å². The highest BCUT2D eigenvalue weighted by atomic mass is 16.4. The molecule has 1 aliphatic heterocycles. The van der Waals surface area contributed by atoms with Gasteiger partial charge in [-0.3, -0.25) is 0 Å². The second-order valence-electron chi connectivity index (χ2n) is 5.19. The zero-order valence-electron chi connectivity index (χ0n) is 10.3. The quantitative estimate of drug-likeness (QED) is 0.662. The zero-order valence-corrected chi connectivity index (χ0v) is 10.3. The molecule has 0 aromatic rings. The summed E-state index contributed by atoms with van der Waals surface area (Å²) in [7, 11) is 0. The maximum absolute atomic E-state index is 11.8. The minimum Gasteiger partial charge on any atom is -0.480 e. The van der Waals surface area contributed by atoms with Crippen molar-refractivity contribution in [3.8, 4) is 0 Å². The topological polar surface area (TPSA) is 89.9 Å². The van der Waals surface area contributed by atoms with Crippen LogP contribution in [-0.4, -0.2) is 52.9 Å². The second kappa shape index (κ2) is 5.35. The van der Waals surface area contributed by atoms with Crippen LogP contribution in [0.2, 0.25) is 0 Å². The number of carboxylic acids is 1. The number of aliphatic carboxylic acids is 1. The Balaban J connectivity index is 2.51. The predicted octanol–water partition coefficient (Wildman–Crippen LogP) is 0.263. The van der Waals surface area contributed by atoms with Gasteiger partial charge in [-0.15, -0.1) is 0 Å². The minimum atomic E-state index is -1.12. The largest absolute Gasteiger partial charge is 0.480 e. The van der Waals surface area contributed by atoms with E-state index in [0.29, 0.717) is 13.1 Å². The molecule has 1 saturated heterocycles. The summed E-state index contributed by atoms with van der Waals surface area (Å²) in [5.74, 6) is -1.12.